The first-order chi connectivity index (χ1) is 17.3. The number of methoxy groups -OCH3 is 1. The number of carbonyl (C=O) groups excluding carboxylic acids is 2. The van der Waals surface area contributed by atoms with Crippen molar-refractivity contribution in [2.45, 2.75) is 25.4 Å². The maximum Gasteiger partial charge on any atom is 0.309 e. The number of benzene rings is 2. The highest BCUT2D eigenvalue weighted by atomic mass is 19.1. The summed E-state index contributed by atoms with van der Waals surface area (Å²) in [6, 6.07) is 14.5. The second kappa shape index (κ2) is 10.7. The number of pyridine rings is 1. The molecule has 0 spiro atoms. The molecule has 186 valence electrons. The SMILES string of the molecule is COc1ccc(-c2ccc(CC[C@@H](O)[C@@H](CCN3C(=O)c4ccccc4C3=O)C(=O)O)cn2)cc1F. The quantitative estimate of drug-likeness (QED) is 0.416. The van der Waals surface area contributed by atoms with E-state index in [0.717, 1.165) is 10.5 Å². The van der Waals surface area contributed by atoms with Gasteiger partial charge in [-0.05, 0) is 61.2 Å². The first-order valence-electron chi connectivity index (χ1n) is 11.4. The third kappa shape index (κ3) is 5.11. The standard InChI is InChI=1S/C27H25FN2O6/c1-36-24-11-8-17(14-21(24)28)22-9-6-16(15-29-22)7-10-23(31)20(27(34)35)12-13-30-25(32)18-4-2-3-5-19(18)26(30)33/h2-6,8-9,11,14-15,20,23,31H,7,10,12-13H2,1H3,(H,34,35)/t20-,23-/m1/s1. The summed E-state index contributed by atoms with van der Waals surface area (Å²) in [5.74, 6) is -3.63. The molecule has 1 aliphatic rings. The fourth-order valence-electron chi connectivity index (χ4n) is 4.28. The zero-order valence-corrected chi connectivity index (χ0v) is 19.6. The van der Waals surface area contributed by atoms with E-state index in [0.29, 0.717) is 28.8 Å². The van der Waals surface area contributed by atoms with E-state index in [1.54, 1.807) is 48.7 Å². The average molecular weight is 493 g/mol. The number of fused-ring (bicyclic) bond motifs is 1. The van der Waals surface area contributed by atoms with Gasteiger partial charge in [0.25, 0.3) is 11.8 Å². The Morgan fingerprint density at radius 3 is 2.31 bits per heavy atom. The lowest BCUT2D eigenvalue weighted by Gasteiger charge is -2.22. The third-order valence-corrected chi connectivity index (χ3v) is 6.32. The van der Waals surface area contributed by atoms with Crippen LogP contribution in [0.2, 0.25) is 0 Å². The fourth-order valence-corrected chi connectivity index (χ4v) is 4.28. The lowest BCUT2D eigenvalue weighted by Crippen LogP contribution is -2.36. The summed E-state index contributed by atoms with van der Waals surface area (Å²) in [5.41, 5.74) is 2.51. The molecule has 2 amide bonds. The van der Waals surface area contributed by atoms with Crippen LogP contribution in [0.1, 0.15) is 39.1 Å². The van der Waals surface area contributed by atoms with E-state index in [1.165, 1.54) is 19.2 Å². The Kier molecular flexibility index (Phi) is 7.40. The number of halogens is 1. The van der Waals surface area contributed by atoms with E-state index in [2.05, 4.69) is 4.98 Å². The molecule has 3 aromatic rings. The molecule has 36 heavy (non-hydrogen) atoms. The number of aliphatic hydroxyl groups is 1. The lowest BCUT2D eigenvalue weighted by molar-refractivity contribution is -0.146. The van der Waals surface area contributed by atoms with Crippen LogP contribution in [0.25, 0.3) is 11.3 Å². The van der Waals surface area contributed by atoms with Gasteiger partial charge in [-0.15, -0.1) is 0 Å². The molecule has 8 nitrogen and oxygen atoms in total. The van der Waals surface area contributed by atoms with Crippen molar-refractivity contribution in [1.82, 2.24) is 9.88 Å². The number of hydrogen-bond donors (Lipinski definition) is 2. The average Bonchev–Trinajstić information content (AvgIpc) is 3.12. The number of nitrogens with zero attached hydrogens (tertiary/aromatic N) is 2. The number of aliphatic carboxylic acids is 1. The van der Waals surface area contributed by atoms with Gasteiger partial charge in [0.1, 0.15) is 0 Å². The number of carboxylic acid groups (broad SMARTS) is 1. The van der Waals surface area contributed by atoms with E-state index >= 15 is 0 Å². The van der Waals surface area contributed by atoms with E-state index < -0.39 is 35.6 Å². The second-order valence-corrected chi connectivity index (χ2v) is 8.55. The van der Waals surface area contributed by atoms with Crippen LogP contribution in [-0.2, 0) is 11.2 Å². The number of carbonyl (C=O) groups is 3. The van der Waals surface area contributed by atoms with Gasteiger partial charge in [-0.1, -0.05) is 18.2 Å². The van der Waals surface area contributed by atoms with Gasteiger partial charge in [-0.3, -0.25) is 24.3 Å². The number of hydrogen-bond acceptors (Lipinski definition) is 6. The number of aryl methyl sites for hydroxylation is 1. The highest BCUT2D eigenvalue weighted by molar-refractivity contribution is 6.21. The van der Waals surface area contributed by atoms with Gasteiger partial charge in [0.05, 0.1) is 36.0 Å². The minimum Gasteiger partial charge on any atom is -0.494 e. The van der Waals surface area contributed by atoms with Gasteiger partial charge in [-0.2, -0.15) is 0 Å². The zero-order chi connectivity index (χ0) is 25.8. The van der Waals surface area contributed by atoms with Gasteiger partial charge in [0.15, 0.2) is 11.6 Å². The van der Waals surface area contributed by atoms with Crippen molar-refractivity contribution in [2.24, 2.45) is 5.92 Å². The van der Waals surface area contributed by atoms with Crippen molar-refractivity contribution in [3.8, 4) is 17.0 Å². The number of amides is 2. The molecular formula is C27H25FN2O6. The predicted molar refractivity (Wildman–Crippen MR) is 128 cm³/mol. The number of aromatic nitrogens is 1. The molecule has 0 unspecified atom stereocenters. The summed E-state index contributed by atoms with van der Waals surface area (Å²) in [7, 11) is 1.39. The Balaban J connectivity index is 1.35. The molecule has 0 aliphatic carbocycles. The van der Waals surface area contributed by atoms with E-state index in [4.69, 9.17) is 4.74 Å². The highest BCUT2D eigenvalue weighted by Crippen LogP contribution is 2.26. The summed E-state index contributed by atoms with van der Waals surface area (Å²) in [5, 5.41) is 20.2. The van der Waals surface area contributed by atoms with E-state index in [9.17, 15) is 29.0 Å². The molecule has 9 heteroatoms. The van der Waals surface area contributed by atoms with E-state index in [-0.39, 0.29) is 25.1 Å². The molecule has 0 saturated heterocycles. The van der Waals surface area contributed by atoms with Crippen molar-refractivity contribution in [2.75, 3.05) is 13.7 Å². The summed E-state index contributed by atoms with van der Waals surface area (Å²) < 4.78 is 18.9. The molecule has 0 fully saturated rings. The Hall–Kier alpha value is -4.11. The maximum atomic E-state index is 14.0. The monoisotopic (exact) mass is 492 g/mol. The molecule has 4 rings (SSSR count). The highest BCUT2D eigenvalue weighted by Gasteiger charge is 2.36. The number of aliphatic hydroxyl groups excluding tert-OH is 1. The fraction of sp³-hybridized carbons (Fsp3) is 0.259. The lowest BCUT2D eigenvalue weighted by atomic mass is 9.93. The van der Waals surface area contributed by atoms with Crippen molar-refractivity contribution in [3.63, 3.8) is 0 Å². The predicted octanol–water partition coefficient (Wildman–Crippen LogP) is 3.58. The first kappa shape index (κ1) is 25.0. The molecular weight excluding hydrogens is 467 g/mol. The summed E-state index contributed by atoms with van der Waals surface area (Å²) >= 11 is 0. The largest absolute Gasteiger partial charge is 0.494 e. The second-order valence-electron chi connectivity index (χ2n) is 8.55. The van der Waals surface area contributed by atoms with Crippen LogP contribution in [0.15, 0.2) is 60.8 Å². The van der Waals surface area contributed by atoms with Gasteiger partial charge < -0.3 is 14.9 Å². The number of rotatable bonds is 10. The Morgan fingerprint density at radius 1 is 1.06 bits per heavy atom. The molecule has 2 N–H and O–H groups in total. The van der Waals surface area contributed by atoms with Crippen molar-refractivity contribution >= 4 is 17.8 Å². The molecule has 0 bridgehead atoms. The van der Waals surface area contributed by atoms with Gasteiger partial charge in [0, 0.05) is 18.3 Å². The van der Waals surface area contributed by atoms with Crippen LogP contribution < -0.4 is 4.74 Å². The van der Waals surface area contributed by atoms with Crippen LogP contribution in [0, 0.1) is 11.7 Å². The Morgan fingerprint density at radius 2 is 1.75 bits per heavy atom. The van der Waals surface area contributed by atoms with Crippen molar-refractivity contribution < 1.29 is 33.7 Å². The van der Waals surface area contributed by atoms with Crippen LogP contribution >= 0.6 is 0 Å². The summed E-state index contributed by atoms with van der Waals surface area (Å²) in [4.78, 5) is 42.2. The van der Waals surface area contributed by atoms with Crippen molar-refractivity contribution in [3.05, 3.63) is 83.3 Å². The van der Waals surface area contributed by atoms with Gasteiger partial charge in [-0.25, -0.2) is 4.39 Å². The normalized spacial score (nSPS) is 14.5. The van der Waals surface area contributed by atoms with Gasteiger partial charge >= 0.3 is 5.97 Å². The molecule has 2 aromatic carbocycles. The van der Waals surface area contributed by atoms with Crippen LogP contribution in [-0.4, -0.2) is 57.6 Å². The minimum atomic E-state index is -1.20. The number of imide groups is 1. The summed E-state index contributed by atoms with van der Waals surface area (Å²) in [6.45, 7) is -0.102. The maximum absolute atomic E-state index is 14.0. The van der Waals surface area contributed by atoms with Crippen molar-refractivity contribution in [1.29, 1.82) is 0 Å². The van der Waals surface area contributed by atoms with Gasteiger partial charge in [0.2, 0.25) is 0 Å². The van der Waals surface area contributed by atoms with Crippen LogP contribution in [0.5, 0.6) is 5.75 Å². The Bertz CT molecular complexity index is 1260. The molecule has 1 aliphatic heterocycles. The van der Waals surface area contributed by atoms with E-state index in [1.807, 2.05) is 0 Å². The summed E-state index contributed by atoms with van der Waals surface area (Å²) in [6.07, 6.45) is 0.855. The zero-order valence-electron chi connectivity index (χ0n) is 19.6. The topological polar surface area (TPSA) is 117 Å². The molecule has 0 saturated carbocycles. The molecule has 2 heterocycles. The first-order valence-corrected chi connectivity index (χ1v) is 11.4. The third-order valence-electron chi connectivity index (χ3n) is 6.32. The molecule has 2 atom stereocenters. The number of ether oxygens (including phenoxy) is 1. The molecule has 1 aromatic heterocycles. The Labute approximate surface area is 207 Å². The smallest absolute Gasteiger partial charge is 0.309 e. The molecule has 0 radical (unpaired) electrons. The van der Waals surface area contributed by atoms with Crippen LogP contribution in [0.4, 0.5) is 4.39 Å². The number of carboxylic acids is 1. The van der Waals surface area contributed by atoms with Crippen LogP contribution in [0.3, 0.4) is 0 Å². The minimum absolute atomic E-state index is 0.0673.